The maximum absolute atomic E-state index is 12.9. The monoisotopic (exact) mass is 277 g/mol. The number of halogens is 3. The number of fused-ring (bicyclic) bond motifs is 1. The lowest BCUT2D eigenvalue weighted by Crippen LogP contribution is -2.48. The van der Waals surface area contributed by atoms with E-state index in [9.17, 15) is 18.3 Å². The van der Waals surface area contributed by atoms with Crippen LogP contribution in [0.1, 0.15) is 12.0 Å². The molecule has 4 nitrogen and oxygen atoms in total. The molecule has 1 atom stereocenters. The zero-order valence-corrected chi connectivity index (χ0v) is 10.0. The minimum atomic E-state index is -4.86. The minimum Gasteiger partial charge on any atom is -0.490 e. The third-order valence-corrected chi connectivity index (χ3v) is 2.99. The zero-order chi connectivity index (χ0) is 14.1. The summed E-state index contributed by atoms with van der Waals surface area (Å²) in [5.74, 6) is 0.550. The van der Waals surface area contributed by atoms with Gasteiger partial charge in [-0.2, -0.15) is 13.2 Å². The first-order valence-corrected chi connectivity index (χ1v) is 5.78. The van der Waals surface area contributed by atoms with Crippen LogP contribution < -0.4 is 15.2 Å². The lowest BCUT2D eigenvalue weighted by atomic mass is 9.93. The summed E-state index contributed by atoms with van der Waals surface area (Å²) in [7, 11) is 0. The van der Waals surface area contributed by atoms with Gasteiger partial charge in [0.25, 0.3) is 0 Å². The molecule has 1 aromatic rings. The molecule has 2 rings (SSSR count). The highest BCUT2D eigenvalue weighted by Gasteiger charge is 2.54. The standard InChI is InChI=1S/C12H14F3NO3/c13-12(14,15)11(17,7-16)8-2-3-9-10(6-8)19-5-1-4-18-9/h2-3,6,17H,1,4-5,7,16H2. The Morgan fingerprint density at radius 1 is 1.16 bits per heavy atom. The number of nitrogens with two attached hydrogens (primary N) is 1. The van der Waals surface area contributed by atoms with Gasteiger partial charge in [0.05, 0.1) is 13.2 Å². The molecular formula is C12H14F3NO3. The van der Waals surface area contributed by atoms with Gasteiger partial charge in [0, 0.05) is 13.0 Å². The average molecular weight is 277 g/mol. The van der Waals surface area contributed by atoms with E-state index in [0.29, 0.717) is 25.4 Å². The fourth-order valence-electron chi connectivity index (χ4n) is 1.82. The van der Waals surface area contributed by atoms with Crippen molar-refractivity contribution in [2.75, 3.05) is 19.8 Å². The van der Waals surface area contributed by atoms with Crippen LogP contribution >= 0.6 is 0 Å². The smallest absolute Gasteiger partial charge is 0.422 e. The first-order chi connectivity index (χ1) is 8.88. The molecule has 0 amide bonds. The van der Waals surface area contributed by atoms with E-state index >= 15 is 0 Å². The van der Waals surface area contributed by atoms with Gasteiger partial charge < -0.3 is 20.3 Å². The Kier molecular flexibility index (Phi) is 3.60. The van der Waals surface area contributed by atoms with Crippen molar-refractivity contribution in [3.63, 3.8) is 0 Å². The molecule has 0 aliphatic carbocycles. The summed E-state index contributed by atoms with van der Waals surface area (Å²) in [5, 5.41) is 9.75. The molecule has 0 bridgehead atoms. The summed E-state index contributed by atoms with van der Waals surface area (Å²) in [6.07, 6.45) is -4.22. The number of alkyl halides is 3. The third-order valence-electron chi connectivity index (χ3n) is 2.99. The molecule has 1 unspecified atom stereocenters. The fraction of sp³-hybridized carbons (Fsp3) is 0.500. The van der Waals surface area contributed by atoms with Gasteiger partial charge in [-0.1, -0.05) is 6.07 Å². The van der Waals surface area contributed by atoms with Gasteiger partial charge in [-0.05, 0) is 17.7 Å². The summed E-state index contributed by atoms with van der Waals surface area (Å²) < 4.78 is 49.3. The Balaban J connectivity index is 2.43. The van der Waals surface area contributed by atoms with E-state index in [0.717, 1.165) is 12.1 Å². The summed E-state index contributed by atoms with van der Waals surface area (Å²) >= 11 is 0. The highest BCUT2D eigenvalue weighted by Crippen LogP contribution is 2.41. The van der Waals surface area contributed by atoms with Crippen molar-refractivity contribution in [1.82, 2.24) is 0 Å². The summed E-state index contributed by atoms with van der Waals surface area (Å²) in [6.45, 7) is -0.174. The van der Waals surface area contributed by atoms with Crippen molar-refractivity contribution in [3.8, 4) is 11.5 Å². The van der Waals surface area contributed by atoms with Crippen LogP contribution in [-0.2, 0) is 5.60 Å². The predicted molar refractivity (Wildman–Crippen MR) is 61.1 cm³/mol. The topological polar surface area (TPSA) is 64.7 Å². The second-order valence-corrected chi connectivity index (χ2v) is 4.27. The molecule has 1 aliphatic heterocycles. The van der Waals surface area contributed by atoms with Crippen LogP contribution in [-0.4, -0.2) is 31.0 Å². The van der Waals surface area contributed by atoms with E-state index in [1.165, 1.54) is 6.07 Å². The Morgan fingerprint density at radius 3 is 2.37 bits per heavy atom. The van der Waals surface area contributed by atoms with E-state index in [4.69, 9.17) is 15.2 Å². The van der Waals surface area contributed by atoms with Crippen molar-refractivity contribution in [2.24, 2.45) is 5.73 Å². The summed E-state index contributed by atoms with van der Waals surface area (Å²) in [6, 6.07) is 3.62. The normalized spacial score (nSPS) is 18.6. The van der Waals surface area contributed by atoms with Gasteiger partial charge in [0.2, 0.25) is 0 Å². The van der Waals surface area contributed by atoms with Crippen LogP contribution in [0.15, 0.2) is 18.2 Å². The molecule has 1 aliphatic rings. The molecule has 0 spiro atoms. The first kappa shape index (κ1) is 14.0. The summed E-state index contributed by atoms with van der Waals surface area (Å²) in [4.78, 5) is 0. The molecular weight excluding hydrogens is 263 g/mol. The fourth-order valence-corrected chi connectivity index (χ4v) is 1.82. The molecule has 106 valence electrons. The Labute approximate surface area is 107 Å². The number of hydrogen-bond acceptors (Lipinski definition) is 4. The molecule has 1 aromatic carbocycles. The van der Waals surface area contributed by atoms with Crippen molar-refractivity contribution >= 4 is 0 Å². The number of ether oxygens (including phenoxy) is 2. The van der Waals surface area contributed by atoms with Crippen LogP contribution in [0.25, 0.3) is 0 Å². The lowest BCUT2D eigenvalue weighted by molar-refractivity contribution is -0.262. The highest BCUT2D eigenvalue weighted by molar-refractivity contribution is 5.45. The second-order valence-electron chi connectivity index (χ2n) is 4.27. The molecule has 19 heavy (non-hydrogen) atoms. The Morgan fingerprint density at radius 2 is 1.79 bits per heavy atom. The van der Waals surface area contributed by atoms with Crippen LogP contribution in [0, 0.1) is 0 Å². The summed E-state index contributed by atoms with van der Waals surface area (Å²) in [5.41, 5.74) is 1.65. The van der Waals surface area contributed by atoms with Gasteiger partial charge in [-0.25, -0.2) is 0 Å². The van der Waals surface area contributed by atoms with E-state index in [2.05, 4.69) is 0 Å². The van der Waals surface area contributed by atoms with E-state index in [1.807, 2.05) is 0 Å². The molecule has 0 aromatic heterocycles. The number of hydrogen-bond donors (Lipinski definition) is 2. The molecule has 0 radical (unpaired) electrons. The minimum absolute atomic E-state index is 0.186. The molecule has 0 saturated carbocycles. The van der Waals surface area contributed by atoms with Crippen LogP contribution in [0.2, 0.25) is 0 Å². The molecule has 1 heterocycles. The first-order valence-electron chi connectivity index (χ1n) is 5.78. The largest absolute Gasteiger partial charge is 0.490 e. The quantitative estimate of drug-likeness (QED) is 0.861. The molecule has 3 N–H and O–H groups in total. The van der Waals surface area contributed by atoms with Gasteiger partial charge in [-0.3, -0.25) is 0 Å². The van der Waals surface area contributed by atoms with Crippen molar-refractivity contribution in [3.05, 3.63) is 23.8 Å². The Hall–Kier alpha value is -1.47. The van der Waals surface area contributed by atoms with Crippen molar-refractivity contribution in [1.29, 1.82) is 0 Å². The van der Waals surface area contributed by atoms with Gasteiger partial charge in [0.15, 0.2) is 17.1 Å². The maximum atomic E-state index is 12.9. The van der Waals surface area contributed by atoms with Crippen LogP contribution in [0.4, 0.5) is 13.2 Å². The van der Waals surface area contributed by atoms with Gasteiger partial charge >= 0.3 is 6.18 Å². The number of aliphatic hydroxyl groups is 1. The predicted octanol–water partition coefficient (Wildman–Crippen LogP) is 1.56. The second kappa shape index (κ2) is 4.90. The van der Waals surface area contributed by atoms with Crippen LogP contribution in [0.5, 0.6) is 11.5 Å². The van der Waals surface area contributed by atoms with Crippen molar-refractivity contribution in [2.45, 2.75) is 18.2 Å². The van der Waals surface area contributed by atoms with Crippen molar-refractivity contribution < 1.29 is 27.8 Å². The van der Waals surface area contributed by atoms with E-state index < -0.39 is 18.3 Å². The Bertz CT molecular complexity index is 464. The van der Waals surface area contributed by atoms with Gasteiger partial charge in [-0.15, -0.1) is 0 Å². The number of benzene rings is 1. The number of rotatable bonds is 2. The van der Waals surface area contributed by atoms with Crippen LogP contribution in [0.3, 0.4) is 0 Å². The third kappa shape index (κ3) is 2.48. The van der Waals surface area contributed by atoms with Gasteiger partial charge in [0.1, 0.15) is 0 Å². The molecule has 7 heteroatoms. The zero-order valence-electron chi connectivity index (χ0n) is 10.0. The average Bonchev–Trinajstić information content (AvgIpc) is 2.60. The SMILES string of the molecule is NCC(O)(c1ccc2c(c1)OCCCO2)C(F)(F)F. The van der Waals surface area contributed by atoms with E-state index in [1.54, 1.807) is 0 Å². The van der Waals surface area contributed by atoms with E-state index in [-0.39, 0.29) is 11.3 Å². The lowest BCUT2D eigenvalue weighted by Gasteiger charge is -2.29. The maximum Gasteiger partial charge on any atom is 0.422 e. The molecule has 0 saturated heterocycles. The molecule has 0 fully saturated rings. The highest BCUT2D eigenvalue weighted by atomic mass is 19.4.